The Morgan fingerprint density at radius 3 is 2.08 bits per heavy atom. The van der Waals surface area contributed by atoms with Crippen molar-refractivity contribution in [1.29, 1.82) is 0 Å². The maximum absolute atomic E-state index is 12.9. The highest BCUT2D eigenvalue weighted by Crippen LogP contribution is 2.36. The van der Waals surface area contributed by atoms with Crippen molar-refractivity contribution < 1.29 is 24.2 Å². The van der Waals surface area contributed by atoms with Gasteiger partial charge in [0.25, 0.3) is 5.91 Å². The minimum absolute atomic E-state index is 0.228. The summed E-state index contributed by atoms with van der Waals surface area (Å²) in [6.07, 6.45) is 3.20. The smallest absolute Gasteiger partial charge is 0.326 e. The number of thiocarbonyl (C=S) groups is 1. The summed E-state index contributed by atoms with van der Waals surface area (Å²) in [5, 5.41) is 9.32. The molecule has 1 heterocycles. The number of carboxylic acids is 1. The van der Waals surface area contributed by atoms with E-state index in [0.717, 1.165) is 35.1 Å². The Morgan fingerprint density at radius 1 is 0.946 bits per heavy atom. The highest BCUT2D eigenvalue weighted by molar-refractivity contribution is 8.26. The predicted molar refractivity (Wildman–Crippen MR) is 150 cm³/mol. The number of nitrogens with zero attached hydrogens (tertiary/aromatic N) is 1. The maximum Gasteiger partial charge on any atom is 0.326 e. The van der Waals surface area contributed by atoms with Crippen LogP contribution in [-0.2, 0) is 22.4 Å². The van der Waals surface area contributed by atoms with Gasteiger partial charge in [0, 0.05) is 12.8 Å². The molecule has 6 nitrogen and oxygen atoms in total. The minimum atomic E-state index is -1.11. The highest BCUT2D eigenvalue weighted by Gasteiger charge is 2.38. The summed E-state index contributed by atoms with van der Waals surface area (Å²) in [5.41, 5.74) is 3.08. The van der Waals surface area contributed by atoms with E-state index in [0.29, 0.717) is 29.6 Å². The van der Waals surface area contributed by atoms with Gasteiger partial charge in [-0.15, -0.1) is 0 Å². The number of benzene rings is 3. The van der Waals surface area contributed by atoms with Crippen LogP contribution in [0.2, 0.25) is 0 Å². The van der Waals surface area contributed by atoms with Crippen LogP contribution in [0.4, 0.5) is 0 Å². The molecule has 1 saturated heterocycles. The van der Waals surface area contributed by atoms with Crippen molar-refractivity contribution in [2.75, 3.05) is 13.2 Å². The second-order valence-corrected chi connectivity index (χ2v) is 10.1. The topological polar surface area (TPSA) is 76.1 Å². The van der Waals surface area contributed by atoms with E-state index >= 15 is 0 Å². The molecular weight excluding hydrogens is 506 g/mol. The molecule has 0 aromatic heterocycles. The molecule has 1 atom stereocenters. The third kappa shape index (κ3) is 6.99. The summed E-state index contributed by atoms with van der Waals surface area (Å²) in [6.45, 7) is 2.39. The summed E-state index contributed by atoms with van der Waals surface area (Å²) in [6, 6.07) is 24.7. The van der Waals surface area contributed by atoms with Crippen LogP contribution in [0.15, 0.2) is 83.8 Å². The Bertz CT molecular complexity index is 1290. The quantitative estimate of drug-likeness (QED) is 0.254. The Morgan fingerprint density at radius 2 is 1.51 bits per heavy atom. The molecular formula is C29H27NO5S2. The lowest BCUT2D eigenvalue weighted by Crippen LogP contribution is -2.41. The lowest BCUT2D eigenvalue weighted by molar-refractivity contribution is -0.144. The van der Waals surface area contributed by atoms with E-state index in [4.69, 9.17) is 21.7 Å². The van der Waals surface area contributed by atoms with E-state index in [1.54, 1.807) is 6.08 Å². The van der Waals surface area contributed by atoms with Crippen LogP contribution in [0, 0.1) is 0 Å². The summed E-state index contributed by atoms with van der Waals surface area (Å²) < 4.78 is 12.4. The molecule has 0 aliphatic carbocycles. The molecule has 3 aromatic rings. The Labute approximate surface area is 225 Å². The van der Waals surface area contributed by atoms with Crippen LogP contribution >= 0.6 is 24.0 Å². The number of rotatable bonds is 11. The first kappa shape index (κ1) is 26.4. The van der Waals surface area contributed by atoms with Crippen molar-refractivity contribution >= 4 is 46.3 Å². The molecule has 0 bridgehead atoms. The molecule has 0 spiro atoms. The zero-order chi connectivity index (χ0) is 26.2. The Kier molecular flexibility index (Phi) is 8.98. The Hall–Kier alpha value is -3.62. The summed E-state index contributed by atoms with van der Waals surface area (Å²) in [7, 11) is 0. The van der Waals surface area contributed by atoms with Crippen molar-refractivity contribution in [2.45, 2.75) is 25.8 Å². The molecule has 0 saturated carbocycles. The molecule has 3 aromatic carbocycles. The van der Waals surface area contributed by atoms with Gasteiger partial charge in [0.05, 0.1) is 18.1 Å². The minimum Gasteiger partial charge on any atom is -0.489 e. The standard InChI is InChI=1S/C29H27NO5S2/c1-20(28(32)33)30-27(31)26(37-29(30)36)19-23-12-13-24(34-16-14-21-8-4-2-5-9-21)25(18-23)35-17-15-22-10-6-3-7-11-22/h2-13,18-20H,14-17H2,1H3,(H,32,33). The zero-order valence-corrected chi connectivity index (χ0v) is 22.0. The second-order valence-electron chi connectivity index (χ2n) is 8.44. The van der Waals surface area contributed by atoms with Gasteiger partial charge in [-0.1, -0.05) is 90.7 Å². The average molecular weight is 534 g/mol. The Balaban J connectivity index is 1.51. The monoisotopic (exact) mass is 533 g/mol. The predicted octanol–water partition coefficient (Wildman–Crippen LogP) is 5.60. The van der Waals surface area contributed by atoms with Crippen molar-refractivity contribution in [1.82, 2.24) is 4.90 Å². The van der Waals surface area contributed by atoms with E-state index in [1.807, 2.05) is 54.6 Å². The number of carbonyl (C=O) groups is 2. The first-order chi connectivity index (χ1) is 17.9. The normalized spacial score (nSPS) is 15.2. The highest BCUT2D eigenvalue weighted by atomic mass is 32.2. The summed E-state index contributed by atoms with van der Waals surface area (Å²) >= 11 is 6.36. The third-order valence-electron chi connectivity index (χ3n) is 5.82. The van der Waals surface area contributed by atoms with Gasteiger partial charge in [-0.05, 0) is 41.8 Å². The van der Waals surface area contributed by atoms with E-state index in [1.165, 1.54) is 18.1 Å². The summed E-state index contributed by atoms with van der Waals surface area (Å²) in [5.74, 6) is -0.330. The van der Waals surface area contributed by atoms with Gasteiger partial charge in [0.1, 0.15) is 10.4 Å². The fourth-order valence-electron chi connectivity index (χ4n) is 3.77. The number of aliphatic carboxylic acids is 1. The van der Waals surface area contributed by atoms with Gasteiger partial charge in [0.15, 0.2) is 11.5 Å². The molecule has 37 heavy (non-hydrogen) atoms. The number of amides is 1. The van der Waals surface area contributed by atoms with Gasteiger partial charge in [-0.2, -0.15) is 0 Å². The lowest BCUT2D eigenvalue weighted by atomic mass is 10.1. The first-order valence-corrected chi connectivity index (χ1v) is 13.1. The van der Waals surface area contributed by atoms with Crippen LogP contribution in [0.1, 0.15) is 23.6 Å². The van der Waals surface area contributed by atoms with Crippen LogP contribution < -0.4 is 9.47 Å². The maximum atomic E-state index is 12.9. The van der Waals surface area contributed by atoms with Crippen molar-refractivity contribution in [3.05, 3.63) is 100 Å². The van der Waals surface area contributed by atoms with E-state index < -0.39 is 17.9 Å². The largest absolute Gasteiger partial charge is 0.489 e. The van der Waals surface area contributed by atoms with E-state index in [-0.39, 0.29) is 4.32 Å². The molecule has 1 amide bonds. The lowest BCUT2D eigenvalue weighted by Gasteiger charge is -2.18. The summed E-state index contributed by atoms with van der Waals surface area (Å²) in [4.78, 5) is 25.7. The second kappa shape index (κ2) is 12.6. The molecule has 190 valence electrons. The zero-order valence-electron chi connectivity index (χ0n) is 20.3. The van der Waals surface area contributed by atoms with Gasteiger partial charge >= 0.3 is 5.97 Å². The van der Waals surface area contributed by atoms with Crippen LogP contribution in [0.3, 0.4) is 0 Å². The van der Waals surface area contributed by atoms with Crippen LogP contribution in [0.5, 0.6) is 11.5 Å². The number of thioether (sulfide) groups is 1. The van der Waals surface area contributed by atoms with Gasteiger partial charge in [-0.25, -0.2) is 4.79 Å². The number of ether oxygens (including phenoxy) is 2. The van der Waals surface area contributed by atoms with Gasteiger partial charge < -0.3 is 14.6 Å². The van der Waals surface area contributed by atoms with Gasteiger partial charge in [0.2, 0.25) is 0 Å². The van der Waals surface area contributed by atoms with E-state index in [2.05, 4.69) is 24.3 Å². The fourth-order valence-corrected chi connectivity index (χ4v) is 5.19. The fraction of sp³-hybridized carbons (Fsp3) is 0.207. The molecule has 1 aliphatic rings. The third-order valence-corrected chi connectivity index (χ3v) is 7.15. The van der Waals surface area contributed by atoms with Gasteiger partial charge in [-0.3, -0.25) is 9.69 Å². The SMILES string of the molecule is CC(C(=O)O)N1C(=O)C(=Cc2ccc(OCCc3ccccc3)c(OCCc3ccccc3)c2)SC1=S. The number of carboxylic acid groups (broad SMARTS) is 1. The first-order valence-electron chi connectivity index (χ1n) is 11.9. The molecule has 1 fully saturated rings. The number of carbonyl (C=O) groups excluding carboxylic acids is 1. The molecule has 4 rings (SSSR count). The van der Waals surface area contributed by atoms with Crippen LogP contribution in [-0.4, -0.2) is 45.5 Å². The molecule has 1 unspecified atom stereocenters. The van der Waals surface area contributed by atoms with E-state index in [9.17, 15) is 14.7 Å². The molecule has 8 heteroatoms. The number of hydrogen-bond acceptors (Lipinski definition) is 6. The average Bonchev–Trinajstić information content (AvgIpc) is 3.18. The van der Waals surface area contributed by atoms with Crippen molar-refractivity contribution in [3.63, 3.8) is 0 Å². The van der Waals surface area contributed by atoms with Crippen molar-refractivity contribution in [2.24, 2.45) is 0 Å². The van der Waals surface area contributed by atoms with Crippen LogP contribution in [0.25, 0.3) is 6.08 Å². The molecule has 1 aliphatic heterocycles. The molecule has 1 N–H and O–H groups in total. The molecule has 0 radical (unpaired) electrons. The van der Waals surface area contributed by atoms with Crippen molar-refractivity contribution in [3.8, 4) is 11.5 Å². The number of hydrogen-bond donors (Lipinski definition) is 1.